The molecule has 0 unspecified atom stereocenters. The molecule has 3 rings (SSSR count). The van der Waals surface area contributed by atoms with Crippen LogP contribution in [0.5, 0.6) is 0 Å². The fourth-order valence-electron chi connectivity index (χ4n) is 3.62. The van der Waals surface area contributed by atoms with E-state index in [0.717, 1.165) is 11.1 Å². The Balaban J connectivity index is 0. The molecule has 0 spiro atoms. The van der Waals surface area contributed by atoms with Gasteiger partial charge in [0.2, 0.25) is 0 Å². The van der Waals surface area contributed by atoms with Gasteiger partial charge in [0.1, 0.15) is 0 Å². The van der Waals surface area contributed by atoms with E-state index >= 15 is 0 Å². The molecule has 0 heterocycles. The van der Waals surface area contributed by atoms with E-state index in [0.29, 0.717) is 5.92 Å². The summed E-state index contributed by atoms with van der Waals surface area (Å²) in [6, 6.07) is 10.6. The molecule has 1 fully saturated rings. The van der Waals surface area contributed by atoms with Crippen LogP contribution in [0.1, 0.15) is 127 Å². The van der Waals surface area contributed by atoms with Gasteiger partial charge in [-0.3, -0.25) is 9.79 Å². The van der Waals surface area contributed by atoms with Crippen molar-refractivity contribution < 1.29 is 4.79 Å². The van der Waals surface area contributed by atoms with Crippen molar-refractivity contribution >= 4 is 11.5 Å². The number of hydrogen-bond donors (Lipinski definition) is 0. The number of hydrogen-bond acceptors (Lipinski definition) is 2. The van der Waals surface area contributed by atoms with Gasteiger partial charge in [-0.25, -0.2) is 0 Å². The Morgan fingerprint density at radius 2 is 1.39 bits per heavy atom. The highest BCUT2D eigenvalue weighted by atomic mass is 16.1. The van der Waals surface area contributed by atoms with Crippen LogP contribution in [-0.2, 0) is 0 Å². The lowest BCUT2D eigenvalue weighted by atomic mass is 9.87. The summed E-state index contributed by atoms with van der Waals surface area (Å²) in [5.41, 5.74) is 9.05. The molecule has 0 bridgehead atoms. The van der Waals surface area contributed by atoms with Crippen LogP contribution in [0, 0.1) is 26.7 Å². The highest BCUT2D eigenvalue weighted by Crippen LogP contribution is 2.37. The molecule has 212 valence electrons. The van der Waals surface area contributed by atoms with Gasteiger partial charge in [0.05, 0.1) is 5.71 Å². The van der Waals surface area contributed by atoms with Crippen molar-refractivity contribution in [2.24, 2.45) is 10.9 Å². The second-order valence-electron chi connectivity index (χ2n) is 9.70. The van der Waals surface area contributed by atoms with Crippen LogP contribution in [0.4, 0.5) is 0 Å². The van der Waals surface area contributed by atoms with E-state index in [9.17, 15) is 4.79 Å². The number of unbranched alkanes of at least 4 members (excludes halogenated alkanes) is 1. The Morgan fingerprint density at radius 1 is 0.895 bits per heavy atom. The molecule has 1 aliphatic rings. The molecule has 0 atom stereocenters. The molecule has 0 N–H and O–H groups in total. The third kappa shape index (κ3) is 13.2. The third-order valence-electron chi connectivity index (χ3n) is 5.68. The number of carbonyl (C=O) groups excluding carboxylic acids is 1. The monoisotopic (exact) mass is 519 g/mol. The summed E-state index contributed by atoms with van der Waals surface area (Å²) in [5, 5.41) is 0. The van der Waals surface area contributed by atoms with Crippen molar-refractivity contribution in [2.45, 2.75) is 115 Å². The minimum absolute atomic E-state index is 0.117. The van der Waals surface area contributed by atoms with Crippen LogP contribution in [0.25, 0.3) is 11.1 Å². The van der Waals surface area contributed by atoms with Gasteiger partial charge in [0, 0.05) is 17.7 Å². The second-order valence-corrected chi connectivity index (χ2v) is 9.70. The zero-order chi connectivity index (χ0) is 29.7. The van der Waals surface area contributed by atoms with Crippen molar-refractivity contribution in [3.8, 4) is 11.1 Å². The number of carbonyl (C=O) groups is 1. The molecule has 38 heavy (non-hydrogen) atoms. The number of allylic oxidation sites excluding steroid dienone is 1. The lowest BCUT2D eigenvalue weighted by molar-refractivity contribution is 0.101. The Kier molecular flexibility index (Phi) is 21.9. The normalized spacial score (nSPS) is 12.0. The SMILES string of the molecule is C/C=C\N=C(c1ccc(C)c(-c2c(C)ccc(C(C)=O)c2C)c1)C1CC1.C=C.CCC.CCC.CCCC. The number of Topliss-reactive ketones (excluding diaryl/α,β-unsaturated/α-hetero) is 1. The Morgan fingerprint density at radius 3 is 1.82 bits per heavy atom. The smallest absolute Gasteiger partial charge is 0.160 e. The van der Waals surface area contributed by atoms with E-state index in [2.05, 4.69) is 99.7 Å². The minimum Gasteiger partial charge on any atom is -0.295 e. The van der Waals surface area contributed by atoms with Gasteiger partial charge in [-0.15, -0.1) is 13.2 Å². The number of benzene rings is 2. The molecule has 0 aromatic heterocycles. The van der Waals surface area contributed by atoms with Crippen LogP contribution in [0.3, 0.4) is 0 Å². The molecule has 2 nitrogen and oxygen atoms in total. The van der Waals surface area contributed by atoms with Crippen molar-refractivity contribution in [3.05, 3.63) is 83.6 Å². The maximum Gasteiger partial charge on any atom is 0.160 e. The number of ketones is 1. The molecule has 0 aliphatic heterocycles. The van der Waals surface area contributed by atoms with Crippen LogP contribution < -0.4 is 0 Å². The predicted octanol–water partition coefficient (Wildman–Crippen LogP) is 11.7. The Hall–Kier alpha value is -2.74. The van der Waals surface area contributed by atoms with Gasteiger partial charge in [-0.2, -0.15) is 0 Å². The molecule has 2 aromatic rings. The maximum atomic E-state index is 12.0. The van der Waals surface area contributed by atoms with E-state index in [1.54, 1.807) is 6.92 Å². The van der Waals surface area contributed by atoms with E-state index in [1.165, 1.54) is 72.1 Å². The molecule has 0 radical (unpaired) electrons. The van der Waals surface area contributed by atoms with Gasteiger partial charge in [-0.05, 0) is 86.9 Å². The van der Waals surface area contributed by atoms with Crippen molar-refractivity contribution in [1.82, 2.24) is 0 Å². The Bertz CT molecular complexity index is 989. The van der Waals surface area contributed by atoms with Crippen molar-refractivity contribution in [2.75, 3.05) is 0 Å². The lowest BCUT2D eigenvalue weighted by Gasteiger charge is -2.17. The molecule has 2 aromatic carbocycles. The highest BCUT2D eigenvalue weighted by Gasteiger charge is 2.28. The van der Waals surface area contributed by atoms with Gasteiger partial charge in [0.25, 0.3) is 0 Å². The number of aryl methyl sites for hydroxylation is 2. The van der Waals surface area contributed by atoms with E-state index in [-0.39, 0.29) is 5.78 Å². The maximum absolute atomic E-state index is 12.0. The van der Waals surface area contributed by atoms with Gasteiger partial charge in [-0.1, -0.05) is 97.6 Å². The largest absolute Gasteiger partial charge is 0.295 e. The molecule has 2 heteroatoms. The van der Waals surface area contributed by atoms with E-state index < -0.39 is 0 Å². The average molecular weight is 520 g/mol. The summed E-state index contributed by atoms with van der Waals surface area (Å²) >= 11 is 0. The van der Waals surface area contributed by atoms with Gasteiger partial charge in [0.15, 0.2) is 5.78 Å². The predicted molar refractivity (Wildman–Crippen MR) is 174 cm³/mol. The van der Waals surface area contributed by atoms with E-state index in [4.69, 9.17) is 4.99 Å². The number of rotatable bonds is 6. The summed E-state index contributed by atoms with van der Waals surface area (Å²) in [6.07, 6.45) is 11.4. The summed E-state index contributed by atoms with van der Waals surface area (Å²) in [5.74, 6) is 0.693. The first-order valence-corrected chi connectivity index (χ1v) is 14.6. The standard InChI is InChI=1S/C24H27NO.C4H10.2C3H8.C2H4/c1-6-13-25-24(19-10-11-19)20-9-7-15(2)22(14-20)23-16(3)8-12-21(17(23)4)18(5)26;1-3-4-2;2*1-3-2;1-2/h6-9,12-14,19H,10-11H2,1-5H3;3-4H2,1-2H3;2*3H2,1-2H3;1-2H2/b13-6-,25-24?;;;;. The summed E-state index contributed by atoms with van der Waals surface area (Å²) in [7, 11) is 0. The highest BCUT2D eigenvalue weighted by molar-refractivity contribution is 6.05. The van der Waals surface area contributed by atoms with Crippen LogP contribution in [0.15, 0.2) is 60.8 Å². The fourth-order valence-corrected chi connectivity index (χ4v) is 3.62. The van der Waals surface area contributed by atoms with E-state index in [1.807, 2.05) is 25.3 Å². The lowest BCUT2D eigenvalue weighted by Crippen LogP contribution is -2.05. The first-order valence-electron chi connectivity index (χ1n) is 14.6. The second kappa shape index (κ2) is 22.3. The van der Waals surface area contributed by atoms with Crippen molar-refractivity contribution in [3.63, 3.8) is 0 Å². The fraction of sp³-hybridized carbons (Fsp3) is 0.500. The minimum atomic E-state index is 0.117. The van der Waals surface area contributed by atoms with Crippen molar-refractivity contribution in [1.29, 1.82) is 0 Å². The number of nitrogens with zero attached hydrogens (tertiary/aromatic N) is 1. The summed E-state index contributed by atoms with van der Waals surface area (Å²) in [4.78, 5) is 16.7. The van der Waals surface area contributed by atoms with Gasteiger partial charge < -0.3 is 0 Å². The zero-order valence-electron chi connectivity index (χ0n) is 26.6. The number of aliphatic imine (C=N–C) groups is 1. The molecular formula is C36H57NO. The third-order valence-corrected chi connectivity index (χ3v) is 5.68. The molecule has 1 saturated carbocycles. The van der Waals surface area contributed by atoms with Crippen LogP contribution >= 0.6 is 0 Å². The van der Waals surface area contributed by atoms with Crippen LogP contribution in [-0.4, -0.2) is 11.5 Å². The first kappa shape index (κ1) is 37.4. The molecular weight excluding hydrogens is 462 g/mol. The molecule has 0 saturated heterocycles. The quantitative estimate of drug-likeness (QED) is 0.212. The summed E-state index contributed by atoms with van der Waals surface area (Å²) < 4.78 is 0. The molecule has 1 aliphatic carbocycles. The summed E-state index contributed by atoms with van der Waals surface area (Å²) in [6.45, 7) is 28.8. The Labute approximate surface area is 236 Å². The topological polar surface area (TPSA) is 29.4 Å². The zero-order valence-corrected chi connectivity index (χ0v) is 26.6. The van der Waals surface area contributed by atoms with Crippen LogP contribution in [0.2, 0.25) is 0 Å². The average Bonchev–Trinajstić information content (AvgIpc) is 3.73. The molecule has 0 amide bonds. The van der Waals surface area contributed by atoms with Gasteiger partial charge >= 0.3 is 0 Å². The first-order chi connectivity index (χ1) is 18.2.